The molecule has 0 bridgehead atoms. The van der Waals surface area contributed by atoms with Crippen molar-refractivity contribution in [1.82, 2.24) is 13.9 Å². The first-order chi connectivity index (χ1) is 5.05. The van der Waals surface area contributed by atoms with Crippen LogP contribution in [0.1, 0.15) is 0 Å². The average Bonchev–Trinajstić information content (AvgIpc) is 2.37. The summed E-state index contributed by atoms with van der Waals surface area (Å²) >= 11 is 0. The van der Waals surface area contributed by atoms with E-state index in [-0.39, 0.29) is 0 Å². The lowest BCUT2D eigenvalue weighted by Crippen LogP contribution is -2.37. The van der Waals surface area contributed by atoms with E-state index >= 15 is 0 Å². The second-order valence-electron chi connectivity index (χ2n) is 2.36. The Morgan fingerprint density at radius 3 is 2.55 bits per heavy atom. The maximum Gasteiger partial charge on any atom is 0.304 e. The molecule has 1 N–H and O–H groups in total. The molecule has 5 nitrogen and oxygen atoms in total. The van der Waals surface area contributed by atoms with Crippen molar-refractivity contribution >= 4 is 10.2 Å². The fourth-order valence-corrected chi connectivity index (χ4v) is 1.57. The van der Waals surface area contributed by atoms with Gasteiger partial charge in [0.2, 0.25) is 0 Å². The largest absolute Gasteiger partial charge is 0.372 e. The van der Waals surface area contributed by atoms with Crippen molar-refractivity contribution in [1.29, 1.82) is 0 Å². The number of nitrogens with one attached hydrogen (secondary N) is 1. The molecule has 0 atom stereocenters. The molecule has 0 saturated carbocycles. The van der Waals surface area contributed by atoms with Gasteiger partial charge < -0.3 is 5.32 Å². The minimum absolute atomic E-state index is 0.320. The van der Waals surface area contributed by atoms with E-state index in [1.807, 2.05) is 0 Å². The van der Waals surface area contributed by atoms with Crippen LogP contribution in [-0.4, -0.2) is 37.8 Å². The average molecular weight is 177 g/mol. The van der Waals surface area contributed by atoms with Crippen LogP contribution >= 0.6 is 0 Å². The molecule has 0 aliphatic carbocycles. The Kier molecular flexibility index (Phi) is 2.05. The van der Waals surface area contributed by atoms with Gasteiger partial charge in [0.15, 0.2) is 0 Å². The molecule has 0 spiro atoms. The van der Waals surface area contributed by atoms with Gasteiger partial charge in [-0.05, 0) is 0 Å². The van der Waals surface area contributed by atoms with Crippen LogP contribution in [0.5, 0.6) is 0 Å². The molecule has 0 fully saturated rings. The van der Waals surface area contributed by atoms with Gasteiger partial charge in [-0.25, -0.2) is 4.31 Å². The summed E-state index contributed by atoms with van der Waals surface area (Å²) in [5, 5.41) is 2.77. The molecule has 1 rings (SSSR count). The molecule has 0 amide bonds. The van der Waals surface area contributed by atoms with E-state index in [2.05, 4.69) is 5.32 Å². The smallest absolute Gasteiger partial charge is 0.304 e. The Morgan fingerprint density at radius 1 is 1.55 bits per heavy atom. The lowest BCUT2D eigenvalue weighted by molar-refractivity contribution is 0.444. The molecule has 0 radical (unpaired) electrons. The van der Waals surface area contributed by atoms with Crippen molar-refractivity contribution in [3.05, 3.63) is 12.4 Å². The first-order valence-electron chi connectivity index (χ1n) is 3.14. The molecule has 6 heteroatoms. The second kappa shape index (κ2) is 2.71. The second-order valence-corrected chi connectivity index (χ2v) is 4.45. The number of hydrogen-bond acceptors (Lipinski definition) is 3. The summed E-state index contributed by atoms with van der Waals surface area (Å²) in [5.41, 5.74) is 0. The van der Waals surface area contributed by atoms with Crippen LogP contribution in [0.25, 0.3) is 0 Å². The van der Waals surface area contributed by atoms with E-state index in [0.29, 0.717) is 6.67 Å². The Balaban J connectivity index is 2.81. The van der Waals surface area contributed by atoms with Gasteiger partial charge in [-0.1, -0.05) is 0 Å². The van der Waals surface area contributed by atoms with Crippen molar-refractivity contribution in [3.8, 4) is 0 Å². The molecule has 0 saturated heterocycles. The van der Waals surface area contributed by atoms with Gasteiger partial charge >= 0.3 is 10.2 Å². The van der Waals surface area contributed by atoms with E-state index in [4.69, 9.17) is 0 Å². The number of nitrogens with zero attached hydrogens (tertiary/aromatic N) is 2. The zero-order chi connectivity index (χ0) is 8.48. The fourth-order valence-electron chi connectivity index (χ4n) is 0.699. The molecule has 1 aliphatic rings. The minimum Gasteiger partial charge on any atom is -0.372 e. The fraction of sp³-hybridized carbons (Fsp3) is 0.600. The summed E-state index contributed by atoms with van der Waals surface area (Å²) in [6.45, 7) is 0.320. The molecular weight excluding hydrogens is 166 g/mol. The molecule has 0 unspecified atom stereocenters. The van der Waals surface area contributed by atoms with E-state index in [1.165, 1.54) is 28.9 Å². The molecule has 0 aromatic carbocycles. The van der Waals surface area contributed by atoms with E-state index in [9.17, 15) is 8.42 Å². The SMILES string of the molecule is CN(C)S(=O)(=O)N1C=CNC1. The highest BCUT2D eigenvalue weighted by molar-refractivity contribution is 7.86. The normalized spacial score (nSPS) is 17.5. The Labute approximate surface area is 66.5 Å². The predicted octanol–water partition coefficient (Wildman–Crippen LogP) is -0.873. The van der Waals surface area contributed by atoms with Crippen molar-refractivity contribution in [2.75, 3.05) is 20.8 Å². The van der Waals surface area contributed by atoms with Gasteiger partial charge in [0.25, 0.3) is 0 Å². The number of hydrogen-bond donors (Lipinski definition) is 1. The van der Waals surface area contributed by atoms with Crippen molar-refractivity contribution in [2.45, 2.75) is 0 Å². The monoisotopic (exact) mass is 177 g/mol. The molecule has 0 aromatic heterocycles. The van der Waals surface area contributed by atoms with Crippen molar-refractivity contribution in [2.24, 2.45) is 0 Å². The van der Waals surface area contributed by atoms with Crippen LogP contribution in [0.2, 0.25) is 0 Å². The summed E-state index contributed by atoms with van der Waals surface area (Å²) in [7, 11) is -0.256. The van der Waals surface area contributed by atoms with Gasteiger partial charge in [0, 0.05) is 26.5 Å². The van der Waals surface area contributed by atoms with Crippen LogP contribution in [0.3, 0.4) is 0 Å². The molecule has 0 aromatic rings. The van der Waals surface area contributed by atoms with Gasteiger partial charge in [-0.15, -0.1) is 0 Å². The first kappa shape index (κ1) is 8.35. The molecular formula is C5H11N3O2S. The van der Waals surface area contributed by atoms with E-state index in [1.54, 1.807) is 6.20 Å². The summed E-state index contributed by atoms with van der Waals surface area (Å²) in [5.74, 6) is 0. The topological polar surface area (TPSA) is 52.7 Å². The Hall–Kier alpha value is -0.750. The first-order valence-corrected chi connectivity index (χ1v) is 4.54. The zero-order valence-electron chi connectivity index (χ0n) is 6.48. The standard InChI is InChI=1S/C5H11N3O2S/c1-7(2)11(9,10)8-4-3-6-5-8/h3-4,6H,5H2,1-2H3. The highest BCUT2D eigenvalue weighted by Gasteiger charge is 2.22. The maximum absolute atomic E-state index is 11.3. The predicted molar refractivity (Wildman–Crippen MR) is 41.6 cm³/mol. The highest BCUT2D eigenvalue weighted by atomic mass is 32.2. The summed E-state index contributed by atoms with van der Waals surface area (Å²) in [4.78, 5) is 0. The number of rotatable bonds is 2. The molecule has 1 aliphatic heterocycles. The van der Waals surface area contributed by atoms with Gasteiger partial charge in [-0.2, -0.15) is 12.7 Å². The van der Waals surface area contributed by atoms with Gasteiger partial charge in [0.1, 0.15) is 6.67 Å². The van der Waals surface area contributed by atoms with Crippen molar-refractivity contribution in [3.63, 3.8) is 0 Å². The van der Waals surface area contributed by atoms with Gasteiger partial charge in [-0.3, -0.25) is 0 Å². The molecule has 1 heterocycles. The third kappa shape index (κ3) is 1.46. The Bertz CT molecular complexity index is 257. The lowest BCUT2D eigenvalue weighted by atomic mass is 11.0. The molecule has 64 valence electrons. The maximum atomic E-state index is 11.3. The third-order valence-electron chi connectivity index (χ3n) is 1.36. The van der Waals surface area contributed by atoms with Crippen LogP contribution < -0.4 is 5.32 Å². The quantitative estimate of drug-likeness (QED) is 0.596. The van der Waals surface area contributed by atoms with Crippen molar-refractivity contribution < 1.29 is 8.42 Å². The third-order valence-corrected chi connectivity index (χ3v) is 3.13. The van der Waals surface area contributed by atoms with Crippen LogP contribution in [0.15, 0.2) is 12.4 Å². The summed E-state index contributed by atoms with van der Waals surface area (Å²) in [6.07, 6.45) is 3.09. The van der Waals surface area contributed by atoms with Crippen LogP contribution in [-0.2, 0) is 10.2 Å². The summed E-state index contributed by atoms with van der Waals surface area (Å²) < 4.78 is 25.0. The van der Waals surface area contributed by atoms with Gasteiger partial charge in [0.05, 0.1) is 0 Å². The van der Waals surface area contributed by atoms with E-state index < -0.39 is 10.2 Å². The zero-order valence-corrected chi connectivity index (χ0v) is 7.30. The highest BCUT2D eigenvalue weighted by Crippen LogP contribution is 2.06. The summed E-state index contributed by atoms with van der Waals surface area (Å²) in [6, 6.07) is 0. The minimum atomic E-state index is -3.26. The van der Waals surface area contributed by atoms with Crippen LogP contribution in [0, 0.1) is 0 Å². The lowest BCUT2D eigenvalue weighted by Gasteiger charge is -2.19. The van der Waals surface area contributed by atoms with Crippen LogP contribution in [0.4, 0.5) is 0 Å². The van der Waals surface area contributed by atoms with E-state index in [0.717, 1.165) is 0 Å². The Morgan fingerprint density at radius 2 is 2.18 bits per heavy atom. The molecule has 11 heavy (non-hydrogen) atoms.